The molecule has 2 N–H and O–H groups in total. The van der Waals surface area contributed by atoms with E-state index in [9.17, 15) is 9.59 Å². The number of nitrogens with zero attached hydrogens (tertiary/aromatic N) is 3. The monoisotopic (exact) mass is 254 g/mol. The van der Waals surface area contributed by atoms with Crippen molar-refractivity contribution in [3.05, 3.63) is 17.5 Å². The lowest BCUT2D eigenvalue weighted by atomic mass is 10.2. The van der Waals surface area contributed by atoms with Gasteiger partial charge in [0, 0.05) is 19.8 Å². The summed E-state index contributed by atoms with van der Waals surface area (Å²) in [7, 11) is 5.48. The Balaban J connectivity index is 2.59. The molecule has 0 aliphatic heterocycles. The maximum atomic E-state index is 11.8. The fourth-order valence-corrected chi connectivity index (χ4v) is 1.51. The Labute approximate surface area is 105 Å². The summed E-state index contributed by atoms with van der Waals surface area (Å²) in [5, 5.41) is 15.3. The van der Waals surface area contributed by atoms with Crippen LogP contribution in [-0.4, -0.2) is 58.8 Å². The molecule has 0 unspecified atom stereocenters. The van der Waals surface area contributed by atoms with Crippen molar-refractivity contribution in [1.29, 1.82) is 0 Å². The quantitative estimate of drug-likeness (QED) is 0.686. The second kappa shape index (κ2) is 6.15. The molecule has 0 aromatic carbocycles. The number of aromatic nitrogens is 2. The van der Waals surface area contributed by atoms with Crippen LogP contribution in [-0.2, 0) is 7.05 Å². The average Bonchev–Trinajstić information content (AvgIpc) is 2.66. The van der Waals surface area contributed by atoms with E-state index in [-0.39, 0.29) is 11.3 Å². The maximum absolute atomic E-state index is 11.8. The smallest absolute Gasteiger partial charge is 0.357 e. The van der Waals surface area contributed by atoms with Crippen LogP contribution >= 0.6 is 0 Å². The molecule has 18 heavy (non-hydrogen) atoms. The molecule has 0 fully saturated rings. The van der Waals surface area contributed by atoms with Crippen LogP contribution in [0.3, 0.4) is 0 Å². The van der Waals surface area contributed by atoms with E-state index in [4.69, 9.17) is 5.11 Å². The molecular formula is C11H18N4O3. The lowest BCUT2D eigenvalue weighted by Gasteiger charge is -2.09. The molecule has 0 saturated carbocycles. The molecule has 1 rings (SSSR count). The van der Waals surface area contributed by atoms with Crippen molar-refractivity contribution in [3.8, 4) is 0 Å². The lowest BCUT2D eigenvalue weighted by Crippen LogP contribution is -2.28. The van der Waals surface area contributed by atoms with Gasteiger partial charge in [0.2, 0.25) is 0 Å². The Bertz CT molecular complexity index is 439. The third kappa shape index (κ3) is 3.85. The molecule has 0 spiro atoms. The second-order valence-electron chi connectivity index (χ2n) is 4.28. The molecular weight excluding hydrogens is 236 g/mol. The van der Waals surface area contributed by atoms with Gasteiger partial charge < -0.3 is 15.3 Å². The van der Waals surface area contributed by atoms with Crippen LogP contribution in [0.25, 0.3) is 0 Å². The summed E-state index contributed by atoms with van der Waals surface area (Å²) in [4.78, 5) is 24.7. The molecule has 0 bridgehead atoms. The Kier molecular flexibility index (Phi) is 4.85. The molecule has 100 valence electrons. The molecule has 0 atom stereocenters. The standard InChI is InChI=1S/C11H18N4O3/c1-14(2)6-4-5-12-10(16)8-7-15(3)13-9(8)11(17)18/h7H,4-6H2,1-3H3,(H,12,16)(H,17,18). The topological polar surface area (TPSA) is 87.5 Å². The number of carboxylic acids is 1. The summed E-state index contributed by atoms with van der Waals surface area (Å²) in [5.41, 5.74) is -0.127. The van der Waals surface area contributed by atoms with Crippen molar-refractivity contribution in [1.82, 2.24) is 20.0 Å². The number of rotatable bonds is 6. The van der Waals surface area contributed by atoms with E-state index in [0.717, 1.165) is 13.0 Å². The van der Waals surface area contributed by atoms with E-state index in [1.54, 1.807) is 7.05 Å². The summed E-state index contributed by atoms with van der Waals surface area (Å²) in [6.07, 6.45) is 2.21. The summed E-state index contributed by atoms with van der Waals surface area (Å²) in [6.45, 7) is 1.37. The molecule has 7 heteroatoms. The molecule has 1 heterocycles. The second-order valence-corrected chi connectivity index (χ2v) is 4.28. The van der Waals surface area contributed by atoms with Gasteiger partial charge in [0.25, 0.3) is 5.91 Å². The van der Waals surface area contributed by atoms with Gasteiger partial charge in [0.15, 0.2) is 5.69 Å². The highest BCUT2D eigenvalue weighted by Gasteiger charge is 2.20. The fourth-order valence-electron chi connectivity index (χ4n) is 1.51. The van der Waals surface area contributed by atoms with Gasteiger partial charge >= 0.3 is 5.97 Å². The molecule has 1 aromatic rings. The summed E-state index contributed by atoms with van der Waals surface area (Å²) in [5.74, 6) is -1.60. The summed E-state index contributed by atoms with van der Waals surface area (Å²) in [6, 6.07) is 0. The normalized spacial score (nSPS) is 10.7. The minimum Gasteiger partial charge on any atom is -0.476 e. The lowest BCUT2D eigenvalue weighted by molar-refractivity contribution is 0.0684. The highest BCUT2D eigenvalue weighted by molar-refractivity contribution is 6.03. The number of hydrogen-bond acceptors (Lipinski definition) is 4. The van der Waals surface area contributed by atoms with E-state index in [2.05, 4.69) is 10.4 Å². The Morgan fingerprint density at radius 2 is 2.17 bits per heavy atom. The number of carboxylic acid groups (broad SMARTS) is 1. The van der Waals surface area contributed by atoms with Gasteiger partial charge in [-0.2, -0.15) is 5.10 Å². The first kappa shape index (κ1) is 14.2. The zero-order valence-corrected chi connectivity index (χ0v) is 10.8. The molecule has 1 amide bonds. The first-order chi connectivity index (χ1) is 8.41. The highest BCUT2D eigenvalue weighted by atomic mass is 16.4. The van der Waals surface area contributed by atoms with Crippen molar-refractivity contribution in [2.45, 2.75) is 6.42 Å². The van der Waals surface area contributed by atoms with Gasteiger partial charge in [-0.25, -0.2) is 4.79 Å². The van der Waals surface area contributed by atoms with Crippen LogP contribution in [0.15, 0.2) is 6.20 Å². The minimum absolute atomic E-state index is 0.0925. The van der Waals surface area contributed by atoms with Crippen molar-refractivity contribution >= 4 is 11.9 Å². The minimum atomic E-state index is -1.20. The van der Waals surface area contributed by atoms with E-state index < -0.39 is 11.9 Å². The average molecular weight is 254 g/mol. The van der Waals surface area contributed by atoms with E-state index >= 15 is 0 Å². The van der Waals surface area contributed by atoms with E-state index in [0.29, 0.717) is 6.54 Å². The predicted octanol–water partition coefficient (Wildman–Crippen LogP) is -0.200. The van der Waals surface area contributed by atoms with Gasteiger partial charge in [-0.05, 0) is 27.1 Å². The third-order valence-corrected chi connectivity index (χ3v) is 2.34. The number of aryl methyl sites for hydroxylation is 1. The van der Waals surface area contributed by atoms with Gasteiger partial charge in [-0.3, -0.25) is 9.48 Å². The van der Waals surface area contributed by atoms with Crippen molar-refractivity contribution in [3.63, 3.8) is 0 Å². The van der Waals surface area contributed by atoms with Crippen LogP contribution in [0.1, 0.15) is 27.3 Å². The van der Waals surface area contributed by atoms with Gasteiger partial charge in [-0.1, -0.05) is 0 Å². The molecule has 0 aliphatic carbocycles. The molecule has 1 aromatic heterocycles. The highest BCUT2D eigenvalue weighted by Crippen LogP contribution is 2.06. The van der Waals surface area contributed by atoms with Crippen LogP contribution in [0.5, 0.6) is 0 Å². The van der Waals surface area contributed by atoms with Gasteiger partial charge in [0.1, 0.15) is 0 Å². The molecule has 0 aliphatic rings. The third-order valence-electron chi connectivity index (χ3n) is 2.34. The molecule has 0 saturated heterocycles. The fraction of sp³-hybridized carbons (Fsp3) is 0.545. The Morgan fingerprint density at radius 3 is 2.72 bits per heavy atom. The Hall–Kier alpha value is -1.89. The van der Waals surface area contributed by atoms with E-state index in [1.165, 1.54) is 10.9 Å². The summed E-state index contributed by atoms with van der Waals surface area (Å²) < 4.78 is 1.32. The number of carbonyl (C=O) groups is 2. The number of amides is 1. The van der Waals surface area contributed by atoms with E-state index in [1.807, 2.05) is 19.0 Å². The Morgan fingerprint density at radius 1 is 1.50 bits per heavy atom. The van der Waals surface area contributed by atoms with Gasteiger partial charge in [0.05, 0.1) is 5.56 Å². The zero-order valence-electron chi connectivity index (χ0n) is 10.8. The van der Waals surface area contributed by atoms with Crippen molar-refractivity contribution in [2.75, 3.05) is 27.2 Å². The number of hydrogen-bond donors (Lipinski definition) is 2. The van der Waals surface area contributed by atoms with Gasteiger partial charge in [-0.15, -0.1) is 0 Å². The molecule has 7 nitrogen and oxygen atoms in total. The first-order valence-corrected chi connectivity index (χ1v) is 5.61. The SMILES string of the molecule is CN(C)CCCNC(=O)c1cn(C)nc1C(=O)O. The van der Waals surface area contributed by atoms with Crippen LogP contribution in [0, 0.1) is 0 Å². The zero-order chi connectivity index (χ0) is 13.7. The number of aromatic carboxylic acids is 1. The largest absolute Gasteiger partial charge is 0.476 e. The molecule has 0 radical (unpaired) electrons. The van der Waals surface area contributed by atoms with Crippen molar-refractivity contribution < 1.29 is 14.7 Å². The number of nitrogens with one attached hydrogen (secondary N) is 1. The van der Waals surface area contributed by atoms with Crippen molar-refractivity contribution in [2.24, 2.45) is 7.05 Å². The van der Waals surface area contributed by atoms with Crippen LogP contribution < -0.4 is 5.32 Å². The van der Waals surface area contributed by atoms with Crippen LogP contribution in [0.4, 0.5) is 0 Å². The number of carbonyl (C=O) groups excluding carboxylic acids is 1. The maximum Gasteiger partial charge on any atom is 0.357 e. The summed E-state index contributed by atoms with van der Waals surface area (Å²) >= 11 is 0. The van der Waals surface area contributed by atoms with Crippen LogP contribution in [0.2, 0.25) is 0 Å². The predicted molar refractivity (Wildman–Crippen MR) is 65.7 cm³/mol. The first-order valence-electron chi connectivity index (χ1n) is 5.61.